The molecule has 0 aliphatic rings. The molecule has 160 valence electrons. The fraction of sp³-hybridized carbons (Fsp3) is 0.364. The van der Waals surface area contributed by atoms with Crippen molar-refractivity contribution in [2.24, 2.45) is 4.99 Å². The number of sulfone groups is 1. The molecule has 1 aromatic heterocycles. The lowest BCUT2D eigenvalue weighted by molar-refractivity contribution is -0.117. The quantitative estimate of drug-likeness (QED) is 0.521. The summed E-state index contributed by atoms with van der Waals surface area (Å²) in [5.74, 6) is -0.238. The number of rotatable bonds is 7. The van der Waals surface area contributed by atoms with Crippen molar-refractivity contribution in [3.63, 3.8) is 0 Å². The Morgan fingerprint density at radius 1 is 1.13 bits per heavy atom. The van der Waals surface area contributed by atoms with Gasteiger partial charge >= 0.3 is 0 Å². The van der Waals surface area contributed by atoms with E-state index in [0.717, 1.165) is 21.3 Å². The molecule has 3 rings (SSSR count). The molecule has 0 spiro atoms. The molecule has 0 aliphatic carbocycles. The van der Waals surface area contributed by atoms with E-state index >= 15 is 0 Å². The largest absolute Gasteiger partial charge is 0.380 e. The summed E-state index contributed by atoms with van der Waals surface area (Å²) in [4.78, 5) is 17.8. The van der Waals surface area contributed by atoms with E-state index in [0.29, 0.717) is 24.6 Å². The van der Waals surface area contributed by atoms with Gasteiger partial charge in [0.05, 0.1) is 28.1 Å². The normalized spacial score (nSPS) is 12.6. The molecule has 1 amide bonds. The fourth-order valence-corrected chi connectivity index (χ4v) is 4.95. The summed E-state index contributed by atoms with van der Waals surface area (Å²) in [6.45, 7) is 7.59. The van der Waals surface area contributed by atoms with Gasteiger partial charge in [0.1, 0.15) is 0 Å². The Hall–Kier alpha value is -2.29. The van der Waals surface area contributed by atoms with Crippen LogP contribution >= 0.6 is 11.3 Å². The fourth-order valence-electron chi connectivity index (χ4n) is 3.12. The molecular formula is C22H26N2O4S2. The van der Waals surface area contributed by atoms with Gasteiger partial charge in [0, 0.05) is 19.4 Å². The number of nitrogens with zero attached hydrogens (tertiary/aromatic N) is 2. The molecule has 0 atom stereocenters. The van der Waals surface area contributed by atoms with E-state index in [9.17, 15) is 13.2 Å². The van der Waals surface area contributed by atoms with E-state index in [1.165, 1.54) is 23.2 Å². The molecule has 1 heterocycles. The van der Waals surface area contributed by atoms with E-state index in [1.54, 1.807) is 18.2 Å². The Kier molecular flexibility index (Phi) is 6.90. The zero-order chi connectivity index (χ0) is 21.9. The van der Waals surface area contributed by atoms with Crippen LogP contribution in [0.4, 0.5) is 0 Å². The van der Waals surface area contributed by atoms with Crippen molar-refractivity contribution in [3.8, 4) is 0 Å². The minimum Gasteiger partial charge on any atom is -0.380 e. The van der Waals surface area contributed by atoms with Gasteiger partial charge in [-0.2, -0.15) is 4.99 Å². The average Bonchev–Trinajstić information content (AvgIpc) is 3.00. The number of ether oxygens (including phenoxy) is 1. The van der Waals surface area contributed by atoms with Crippen LogP contribution in [0.15, 0.2) is 46.3 Å². The maximum atomic E-state index is 12.7. The number of hydrogen-bond donors (Lipinski definition) is 0. The van der Waals surface area contributed by atoms with Crippen LogP contribution < -0.4 is 4.80 Å². The van der Waals surface area contributed by atoms with Gasteiger partial charge in [-0.15, -0.1) is 0 Å². The second kappa shape index (κ2) is 9.24. The number of benzene rings is 2. The first-order chi connectivity index (χ1) is 14.2. The number of aryl methyl sites for hydroxylation is 2. The molecule has 0 saturated heterocycles. The van der Waals surface area contributed by atoms with Gasteiger partial charge in [0.2, 0.25) is 0 Å². The third-order valence-corrected chi connectivity index (χ3v) is 7.04. The summed E-state index contributed by atoms with van der Waals surface area (Å²) in [7, 11) is -3.32. The molecule has 0 unspecified atom stereocenters. The van der Waals surface area contributed by atoms with E-state index in [-0.39, 0.29) is 17.2 Å². The molecule has 3 aromatic rings. The first-order valence-corrected chi connectivity index (χ1v) is 12.4. The number of hydrogen-bond acceptors (Lipinski definition) is 5. The van der Waals surface area contributed by atoms with Crippen molar-refractivity contribution in [3.05, 3.63) is 57.9 Å². The monoisotopic (exact) mass is 446 g/mol. The van der Waals surface area contributed by atoms with Crippen molar-refractivity contribution < 1.29 is 17.9 Å². The van der Waals surface area contributed by atoms with Gasteiger partial charge < -0.3 is 9.30 Å². The molecule has 30 heavy (non-hydrogen) atoms. The first-order valence-electron chi connectivity index (χ1n) is 9.74. The lowest BCUT2D eigenvalue weighted by atomic mass is 10.0. The van der Waals surface area contributed by atoms with Gasteiger partial charge in [-0.3, -0.25) is 4.79 Å². The molecular weight excluding hydrogens is 420 g/mol. The lowest BCUT2D eigenvalue weighted by Gasteiger charge is -2.06. The van der Waals surface area contributed by atoms with Gasteiger partial charge in [-0.1, -0.05) is 29.5 Å². The van der Waals surface area contributed by atoms with E-state index < -0.39 is 9.84 Å². The maximum Gasteiger partial charge on any atom is 0.252 e. The number of carbonyl (C=O) groups excluding carboxylic acids is 1. The van der Waals surface area contributed by atoms with Crippen LogP contribution in [0.25, 0.3) is 10.2 Å². The highest BCUT2D eigenvalue weighted by Crippen LogP contribution is 2.22. The summed E-state index contributed by atoms with van der Waals surface area (Å²) in [6.07, 6.45) is 1.40. The SMILES string of the molecule is CCOCCn1c(=NC(=O)Cc2ccc(C)c(C)c2)sc2cc(S(C)(=O)=O)ccc21. The zero-order valence-corrected chi connectivity index (χ0v) is 19.3. The molecule has 0 N–H and O–H groups in total. The minimum absolute atomic E-state index is 0.218. The van der Waals surface area contributed by atoms with Gasteiger partial charge in [0.15, 0.2) is 14.6 Å². The van der Waals surface area contributed by atoms with Crippen molar-refractivity contribution in [1.82, 2.24) is 4.57 Å². The van der Waals surface area contributed by atoms with Crippen LogP contribution in [0, 0.1) is 13.8 Å². The van der Waals surface area contributed by atoms with Crippen LogP contribution in [0.5, 0.6) is 0 Å². The smallest absolute Gasteiger partial charge is 0.252 e. The van der Waals surface area contributed by atoms with Crippen LogP contribution in [0.1, 0.15) is 23.6 Å². The van der Waals surface area contributed by atoms with Crippen LogP contribution in [0.3, 0.4) is 0 Å². The van der Waals surface area contributed by atoms with Crippen molar-refractivity contribution in [2.45, 2.75) is 38.6 Å². The molecule has 6 nitrogen and oxygen atoms in total. The summed E-state index contributed by atoms with van der Waals surface area (Å²) >= 11 is 1.31. The number of carbonyl (C=O) groups is 1. The van der Waals surface area contributed by atoms with Crippen molar-refractivity contribution >= 4 is 37.3 Å². The topological polar surface area (TPSA) is 77.7 Å². The Bertz CT molecular complexity index is 1250. The molecule has 8 heteroatoms. The summed E-state index contributed by atoms with van der Waals surface area (Å²) in [5, 5.41) is 0. The Labute approximate surface area is 180 Å². The number of aromatic nitrogens is 1. The van der Waals surface area contributed by atoms with Crippen LogP contribution in [-0.2, 0) is 32.3 Å². The predicted molar refractivity (Wildman–Crippen MR) is 120 cm³/mol. The zero-order valence-electron chi connectivity index (χ0n) is 17.6. The molecule has 0 bridgehead atoms. The highest BCUT2D eigenvalue weighted by atomic mass is 32.2. The summed E-state index contributed by atoms with van der Waals surface area (Å²) in [5.41, 5.74) is 4.09. The third kappa shape index (κ3) is 5.24. The highest BCUT2D eigenvalue weighted by Gasteiger charge is 2.13. The molecule has 0 fully saturated rings. The third-order valence-electron chi connectivity index (χ3n) is 4.89. The van der Waals surface area contributed by atoms with Crippen LogP contribution in [0.2, 0.25) is 0 Å². The minimum atomic E-state index is -3.32. The van der Waals surface area contributed by atoms with Gasteiger partial charge in [-0.05, 0) is 55.7 Å². The second-order valence-electron chi connectivity index (χ2n) is 7.24. The maximum absolute atomic E-state index is 12.7. The van der Waals surface area contributed by atoms with Gasteiger partial charge in [-0.25, -0.2) is 8.42 Å². The van der Waals surface area contributed by atoms with E-state index in [2.05, 4.69) is 4.99 Å². The van der Waals surface area contributed by atoms with Crippen molar-refractivity contribution in [2.75, 3.05) is 19.5 Å². The van der Waals surface area contributed by atoms with Crippen molar-refractivity contribution in [1.29, 1.82) is 0 Å². The van der Waals surface area contributed by atoms with Crippen LogP contribution in [-0.4, -0.2) is 38.4 Å². The summed E-state index contributed by atoms with van der Waals surface area (Å²) < 4.78 is 32.0. The second-order valence-corrected chi connectivity index (χ2v) is 10.3. The highest BCUT2D eigenvalue weighted by molar-refractivity contribution is 7.90. The van der Waals surface area contributed by atoms with E-state index in [1.807, 2.05) is 43.5 Å². The molecule has 0 radical (unpaired) electrons. The Morgan fingerprint density at radius 2 is 1.90 bits per heavy atom. The standard InChI is InChI=1S/C22H26N2O4S2/c1-5-28-11-10-24-19-9-8-18(30(4,26)27)14-20(19)29-22(24)23-21(25)13-17-7-6-15(2)16(3)12-17/h6-9,12,14H,5,10-11,13H2,1-4H3. The molecule has 0 saturated carbocycles. The average molecular weight is 447 g/mol. The molecule has 2 aromatic carbocycles. The predicted octanol–water partition coefficient (Wildman–Crippen LogP) is 3.43. The number of fused-ring (bicyclic) bond motifs is 1. The molecule has 0 aliphatic heterocycles. The Balaban J connectivity index is 2.01. The van der Waals surface area contributed by atoms with E-state index in [4.69, 9.17) is 4.74 Å². The van der Waals surface area contributed by atoms with Gasteiger partial charge in [0.25, 0.3) is 5.91 Å². The Morgan fingerprint density at radius 3 is 2.57 bits per heavy atom. The first kappa shape index (κ1) is 22.4. The number of amides is 1. The number of thiazole rings is 1. The lowest BCUT2D eigenvalue weighted by Crippen LogP contribution is -2.20. The summed E-state index contributed by atoms with van der Waals surface area (Å²) in [6, 6.07) is 11.0.